The van der Waals surface area contributed by atoms with Crippen molar-refractivity contribution < 1.29 is 4.74 Å². The third-order valence-electron chi connectivity index (χ3n) is 3.12. The highest BCUT2D eigenvalue weighted by Gasteiger charge is 2.34. The van der Waals surface area contributed by atoms with E-state index in [2.05, 4.69) is 18.9 Å². The van der Waals surface area contributed by atoms with E-state index < -0.39 is 0 Å². The first-order chi connectivity index (χ1) is 6.72. The second kappa shape index (κ2) is 5.69. The number of nitrogens with two attached hydrogens (primary N) is 1. The van der Waals surface area contributed by atoms with E-state index in [4.69, 9.17) is 10.5 Å². The normalized spacial score (nSPS) is 27.4. The van der Waals surface area contributed by atoms with Crippen molar-refractivity contribution in [3.8, 4) is 0 Å². The molecule has 3 heteroatoms. The Hall–Kier alpha value is -0.120. The summed E-state index contributed by atoms with van der Waals surface area (Å²) in [5.74, 6) is 0. The van der Waals surface area contributed by atoms with Gasteiger partial charge in [0.1, 0.15) is 0 Å². The molecule has 1 aliphatic rings. The summed E-state index contributed by atoms with van der Waals surface area (Å²) in [5.41, 5.74) is 6.08. The highest BCUT2D eigenvalue weighted by atomic mass is 16.5. The highest BCUT2D eigenvalue weighted by molar-refractivity contribution is 4.86. The lowest BCUT2D eigenvalue weighted by Crippen LogP contribution is -2.42. The Morgan fingerprint density at radius 2 is 2.29 bits per heavy atom. The molecule has 1 fully saturated rings. The molecule has 0 aromatic carbocycles. The number of hydrogen-bond donors (Lipinski definition) is 1. The van der Waals surface area contributed by atoms with Crippen molar-refractivity contribution in [2.24, 2.45) is 11.1 Å². The van der Waals surface area contributed by atoms with Gasteiger partial charge in [-0.2, -0.15) is 0 Å². The van der Waals surface area contributed by atoms with E-state index in [0.717, 1.165) is 32.7 Å². The minimum atomic E-state index is 0.239. The van der Waals surface area contributed by atoms with Crippen molar-refractivity contribution in [2.45, 2.75) is 26.2 Å². The number of unbranched alkanes of at least 4 members (excludes halogenated alkanes) is 1. The summed E-state index contributed by atoms with van der Waals surface area (Å²) < 4.78 is 5.45. The van der Waals surface area contributed by atoms with Crippen LogP contribution >= 0.6 is 0 Å². The van der Waals surface area contributed by atoms with Gasteiger partial charge in [0.2, 0.25) is 0 Å². The van der Waals surface area contributed by atoms with Crippen LogP contribution < -0.4 is 5.73 Å². The SMILES string of the molecule is CCCCN(C)CC1(CN)CCOC1. The summed E-state index contributed by atoms with van der Waals surface area (Å²) in [4.78, 5) is 2.39. The number of nitrogens with zero attached hydrogens (tertiary/aromatic N) is 1. The van der Waals surface area contributed by atoms with Gasteiger partial charge < -0.3 is 15.4 Å². The van der Waals surface area contributed by atoms with Crippen molar-refractivity contribution in [1.29, 1.82) is 0 Å². The van der Waals surface area contributed by atoms with Gasteiger partial charge in [-0.05, 0) is 26.4 Å². The maximum atomic E-state index is 5.84. The molecule has 1 aliphatic heterocycles. The van der Waals surface area contributed by atoms with Crippen LogP contribution in [0.15, 0.2) is 0 Å². The molecule has 0 spiro atoms. The Labute approximate surface area is 87.6 Å². The molecule has 1 heterocycles. The maximum absolute atomic E-state index is 5.84. The topological polar surface area (TPSA) is 38.5 Å². The second-order valence-electron chi connectivity index (χ2n) is 4.60. The number of ether oxygens (including phenoxy) is 1. The van der Waals surface area contributed by atoms with Crippen LogP contribution in [0.1, 0.15) is 26.2 Å². The molecule has 0 aromatic rings. The van der Waals surface area contributed by atoms with E-state index in [1.54, 1.807) is 0 Å². The van der Waals surface area contributed by atoms with Gasteiger partial charge in [-0.15, -0.1) is 0 Å². The highest BCUT2D eigenvalue weighted by Crippen LogP contribution is 2.28. The third-order valence-corrected chi connectivity index (χ3v) is 3.12. The fourth-order valence-electron chi connectivity index (χ4n) is 2.08. The van der Waals surface area contributed by atoms with Crippen molar-refractivity contribution in [2.75, 3.05) is 39.9 Å². The Bertz CT molecular complexity index is 155. The molecule has 1 saturated heterocycles. The quantitative estimate of drug-likeness (QED) is 0.697. The standard InChI is InChI=1S/C11H24N2O/c1-3-4-6-13(2)9-11(8-12)5-7-14-10-11/h3-10,12H2,1-2H3. The average Bonchev–Trinajstić information content (AvgIpc) is 2.64. The maximum Gasteiger partial charge on any atom is 0.0547 e. The molecule has 0 saturated carbocycles. The molecule has 0 amide bonds. The van der Waals surface area contributed by atoms with Crippen molar-refractivity contribution >= 4 is 0 Å². The molecular formula is C11H24N2O. The third kappa shape index (κ3) is 3.23. The molecule has 2 N–H and O–H groups in total. The summed E-state index contributed by atoms with van der Waals surface area (Å²) in [6, 6.07) is 0. The van der Waals surface area contributed by atoms with Crippen LogP contribution in [0.25, 0.3) is 0 Å². The summed E-state index contributed by atoms with van der Waals surface area (Å²) >= 11 is 0. The van der Waals surface area contributed by atoms with Gasteiger partial charge in [-0.3, -0.25) is 0 Å². The summed E-state index contributed by atoms with van der Waals surface area (Å²) in [5, 5.41) is 0. The molecule has 0 radical (unpaired) electrons. The van der Waals surface area contributed by atoms with Crippen LogP contribution in [0.2, 0.25) is 0 Å². The van der Waals surface area contributed by atoms with Gasteiger partial charge in [0.15, 0.2) is 0 Å². The second-order valence-corrected chi connectivity index (χ2v) is 4.60. The van der Waals surface area contributed by atoms with E-state index >= 15 is 0 Å². The average molecular weight is 200 g/mol. The molecular weight excluding hydrogens is 176 g/mol. The van der Waals surface area contributed by atoms with E-state index in [9.17, 15) is 0 Å². The Kier molecular flexibility index (Phi) is 4.85. The van der Waals surface area contributed by atoms with Crippen LogP contribution in [0.5, 0.6) is 0 Å². The van der Waals surface area contributed by atoms with Gasteiger partial charge >= 0.3 is 0 Å². The van der Waals surface area contributed by atoms with Gasteiger partial charge in [0, 0.05) is 25.1 Å². The lowest BCUT2D eigenvalue weighted by atomic mass is 9.87. The molecule has 0 aliphatic carbocycles. The Balaban J connectivity index is 2.32. The first kappa shape index (κ1) is 12.0. The van der Waals surface area contributed by atoms with Crippen LogP contribution in [-0.4, -0.2) is 44.8 Å². The molecule has 0 aromatic heterocycles. The molecule has 1 rings (SSSR count). The zero-order chi connectivity index (χ0) is 10.4. The largest absolute Gasteiger partial charge is 0.381 e. The molecule has 84 valence electrons. The zero-order valence-electron chi connectivity index (χ0n) is 9.59. The first-order valence-electron chi connectivity index (χ1n) is 5.69. The Morgan fingerprint density at radius 1 is 1.50 bits per heavy atom. The van der Waals surface area contributed by atoms with Crippen LogP contribution in [-0.2, 0) is 4.74 Å². The fourth-order valence-corrected chi connectivity index (χ4v) is 2.08. The minimum Gasteiger partial charge on any atom is -0.381 e. The number of rotatable bonds is 6. The molecule has 14 heavy (non-hydrogen) atoms. The summed E-state index contributed by atoms with van der Waals surface area (Å²) in [6.45, 7) is 6.98. The predicted octanol–water partition coefficient (Wildman–Crippen LogP) is 1.08. The van der Waals surface area contributed by atoms with Gasteiger partial charge in [0.05, 0.1) is 6.61 Å². The lowest BCUT2D eigenvalue weighted by Gasteiger charge is -2.30. The van der Waals surface area contributed by atoms with Crippen LogP contribution in [0.4, 0.5) is 0 Å². The minimum absolute atomic E-state index is 0.239. The lowest BCUT2D eigenvalue weighted by molar-refractivity contribution is 0.125. The molecule has 0 bridgehead atoms. The van der Waals surface area contributed by atoms with Gasteiger partial charge in [-0.1, -0.05) is 13.3 Å². The summed E-state index contributed by atoms with van der Waals surface area (Å²) in [6.07, 6.45) is 3.66. The van der Waals surface area contributed by atoms with Crippen LogP contribution in [0, 0.1) is 5.41 Å². The van der Waals surface area contributed by atoms with Gasteiger partial charge in [-0.25, -0.2) is 0 Å². The van der Waals surface area contributed by atoms with Gasteiger partial charge in [0.25, 0.3) is 0 Å². The predicted molar refractivity (Wildman–Crippen MR) is 59.3 cm³/mol. The van der Waals surface area contributed by atoms with E-state index in [1.807, 2.05) is 0 Å². The van der Waals surface area contributed by atoms with Crippen LogP contribution in [0.3, 0.4) is 0 Å². The van der Waals surface area contributed by atoms with Crippen molar-refractivity contribution in [1.82, 2.24) is 4.90 Å². The van der Waals surface area contributed by atoms with E-state index in [0.29, 0.717) is 0 Å². The first-order valence-corrected chi connectivity index (χ1v) is 5.69. The van der Waals surface area contributed by atoms with E-state index in [-0.39, 0.29) is 5.41 Å². The monoisotopic (exact) mass is 200 g/mol. The fraction of sp³-hybridized carbons (Fsp3) is 1.00. The number of hydrogen-bond acceptors (Lipinski definition) is 3. The summed E-state index contributed by atoms with van der Waals surface area (Å²) in [7, 11) is 2.19. The van der Waals surface area contributed by atoms with Crippen molar-refractivity contribution in [3.63, 3.8) is 0 Å². The smallest absolute Gasteiger partial charge is 0.0547 e. The van der Waals surface area contributed by atoms with Crippen molar-refractivity contribution in [3.05, 3.63) is 0 Å². The molecule has 1 unspecified atom stereocenters. The Morgan fingerprint density at radius 3 is 2.79 bits per heavy atom. The molecule has 3 nitrogen and oxygen atoms in total. The molecule has 1 atom stereocenters. The van der Waals surface area contributed by atoms with E-state index in [1.165, 1.54) is 19.4 Å². The zero-order valence-corrected chi connectivity index (χ0v) is 9.59.